The molecule has 0 spiro atoms. The van der Waals surface area contributed by atoms with Crippen molar-refractivity contribution in [2.75, 3.05) is 11.9 Å². The lowest BCUT2D eigenvalue weighted by atomic mass is 10.0. The minimum Gasteiger partial charge on any atom is -0.396 e. The average Bonchev–Trinajstić information content (AvgIpc) is 2.16. The number of amides is 1. The Kier molecular flexibility index (Phi) is 4.92. The van der Waals surface area contributed by atoms with Gasteiger partial charge in [-0.3, -0.25) is 4.79 Å². The third-order valence-electron chi connectivity index (χ3n) is 2.09. The van der Waals surface area contributed by atoms with Crippen LogP contribution in [0.15, 0.2) is 22.7 Å². The molecule has 0 radical (unpaired) electrons. The number of hydrogen-bond donors (Lipinski definition) is 3. The molecule has 0 aliphatic carbocycles. The van der Waals surface area contributed by atoms with Crippen LogP contribution in [0.3, 0.4) is 0 Å². The van der Waals surface area contributed by atoms with Crippen LogP contribution in [0, 0.1) is 0 Å². The Bertz CT molecular complexity index is 381. The van der Waals surface area contributed by atoms with E-state index < -0.39 is 6.10 Å². The second-order valence-electron chi connectivity index (χ2n) is 3.44. The molecule has 0 saturated heterocycles. The van der Waals surface area contributed by atoms with Gasteiger partial charge in [-0.1, -0.05) is 22.0 Å². The molecule has 0 heterocycles. The molecule has 0 fully saturated rings. The van der Waals surface area contributed by atoms with Crippen molar-refractivity contribution in [1.82, 2.24) is 0 Å². The Morgan fingerprint density at radius 2 is 2.25 bits per heavy atom. The van der Waals surface area contributed by atoms with Gasteiger partial charge in [-0.25, -0.2) is 0 Å². The zero-order valence-corrected chi connectivity index (χ0v) is 10.5. The molecule has 1 aromatic carbocycles. The lowest BCUT2D eigenvalue weighted by molar-refractivity contribution is -0.114. The van der Waals surface area contributed by atoms with E-state index in [0.29, 0.717) is 11.3 Å². The number of benzene rings is 1. The van der Waals surface area contributed by atoms with E-state index in [1.165, 1.54) is 6.92 Å². The second-order valence-corrected chi connectivity index (χ2v) is 4.36. The zero-order valence-electron chi connectivity index (χ0n) is 8.90. The normalized spacial score (nSPS) is 12.2. The van der Waals surface area contributed by atoms with Crippen LogP contribution in [0.25, 0.3) is 0 Å². The summed E-state index contributed by atoms with van der Waals surface area (Å²) in [7, 11) is 0. The number of aliphatic hydroxyl groups excluding tert-OH is 2. The van der Waals surface area contributed by atoms with E-state index in [1.54, 1.807) is 18.2 Å². The van der Waals surface area contributed by atoms with Crippen molar-refractivity contribution >= 4 is 27.5 Å². The van der Waals surface area contributed by atoms with Gasteiger partial charge < -0.3 is 15.5 Å². The summed E-state index contributed by atoms with van der Waals surface area (Å²) in [6.07, 6.45) is -0.534. The molecule has 5 heteroatoms. The number of carbonyl (C=O) groups excluding carboxylic acids is 1. The Morgan fingerprint density at radius 1 is 1.56 bits per heavy atom. The summed E-state index contributed by atoms with van der Waals surface area (Å²) in [6, 6.07) is 5.22. The first-order chi connectivity index (χ1) is 7.54. The average molecular weight is 288 g/mol. The molecule has 0 aliphatic heterocycles. The van der Waals surface area contributed by atoms with Crippen molar-refractivity contribution < 1.29 is 15.0 Å². The molecular weight excluding hydrogens is 274 g/mol. The van der Waals surface area contributed by atoms with Gasteiger partial charge in [0.05, 0.1) is 6.10 Å². The van der Waals surface area contributed by atoms with E-state index in [-0.39, 0.29) is 18.9 Å². The minimum atomic E-state index is -0.778. The topological polar surface area (TPSA) is 69.6 Å². The van der Waals surface area contributed by atoms with Crippen LogP contribution in [-0.4, -0.2) is 22.7 Å². The fourth-order valence-electron chi connectivity index (χ4n) is 1.39. The van der Waals surface area contributed by atoms with E-state index in [0.717, 1.165) is 4.47 Å². The van der Waals surface area contributed by atoms with Crippen molar-refractivity contribution in [2.24, 2.45) is 0 Å². The van der Waals surface area contributed by atoms with E-state index >= 15 is 0 Å². The van der Waals surface area contributed by atoms with Gasteiger partial charge in [0.1, 0.15) is 0 Å². The van der Waals surface area contributed by atoms with Gasteiger partial charge in [0.2, 0.25) is 5.91 Å². The Labute approximate surface area is 102 Å². The van der Waals surface area contributed by atoms with Gasteiger partial charge in [0.25, 0.3) is 0 Å². The monoisotopic (exact) mass is 287 g/mol. The summed E-state index contributed by atoms with van der Waals surface area (Å²) in [6.45, 7) is 1.31. The summed E-state index contributed by atoms with van der Waals surface area (Å²) in [5.74, 6) is -0.199. The first-order valence-electron chi connectivity index (χ1n) is 4.90. The highest BCUT2D eigenvalue weighted by Crippen LogP contribution is 2.28. The maximum atomic E-state index is 11.0. The van der Waals surface area contributed by atoms with Crippen LogP contribution in [0.2, 0.25) is 0 Å². The van der Waals surface area contributed by atoms with Gasteiger partial charge in [0.15, 0.2) is 0 Å². The van der Waals surface area contributed by atoms with Gasteiger partial charge in [-0.2, -0.15) is 0 Å². The molecule has 0 aliphatic rings. The Morgan fingerprint density at radius 3 is 2.81 bits per heavy atom. The highest BCUT2D eigenvalue weighted by atomic mass is 79.9. The summed E-state index contributed by atoms with van der Waals surface area (Å²) >= 11 is 3.29. The van der Waals surface area contributed by atoms with E-state index in [1.807, 2.05) is 0 Å². The summed E-state index contributed by atoms with van der Waals surface area (Å²) in [4.78, 5) is 11.0. The minimum absolute atomic E-state index is 0.100. The van der Waals surface area contributed by atoms with Crippen LogP contribution in [-0.2, 0) is 4.79 Å². The van der Waals surface area contributed by atoms with Crippen LogP contribution in [0.1, 0.15) is 25.0 Å². The fourth-order valence-corrected chi connectivity index (χ4v) is 1.76. The smallest absolute Gasteiger partial charge is 0.221 e. The standard InChI is InChI=1S/C11H14BrNO3/c1-7(15)13-10-6-8(12)2-3-9(10)11(16)4-5-14/h2-3,6,11,14,16H,4-5H2,1H3,(H,13,15). The third kappa shape index (κ3) is 3.59. The molecule has 4 nitrogen and oxygen atoms in total. The maximum absolute atomic E-state index is 11.0. The van der Waals surface area contributed by atoms with E-state index in [9.17, 15) is 9.90 Å². The number of carbonyl (C=O) groups is 1. The number of aliphatic hydroxyl groups is 2. The zero-order chi connectivity index (χ0) is 12.1. The summed E-state index contributed by atoms with van der Waals surface area (Å²) in [5, 5.41) is 21.2. The Balaban J connectivity index is 3.01. The number of hydrogen-bond acceptors (Lipinski definition) is 3. The van der Waals surface area contributed by atoms with Crippen LogP contribution in [0.5, 0.6) is 0 Å². The van der Waals surface area contributed by atoms with Crippen LogP contribution < -0.4 is 5.32 Å². The van der Waals surface area contributed by atoms with Crippen molar-refractivity contribution in [3.05, 3.63) is 28.2 Å². The summed E-state index contributed by atoms with van der Waals surface area (Å²) in [5.41, 5.74) is 1.16. The van der Waals surface area contributed by atoms with E-state index in [2.05, 4.69) is 21.2 Å². The Hall–Kier alpha value is -0.910. The molecule has 88 valence electrons. The van der Waals surface area contributed by atoms with Crippen molar-refractivity contribution in [1.29, 1.82) is 0 Å². The van der Waals surface area contributed by atoms with Gasteiger partial charge in [0, 0.05) is 35.7 Å². The largest absolute Gasteiger partial charge is 0.396 e. The fraction of sp³-hybridized carbons (Fsp3) is 0.364. The number of nitrogens with one attached hydrogen (secondary N) is 1. The molecule has 0 bridgehead atoms. The van der Waals surface area contributed by atoms with Crippen LogP contribution >= 0.6 is 15.9 Å². The van der Waals surface area contributed by atoms with Gasteiger partial charge in [-0.15, -0.1) is 0 Å². The quantitative estimate of drug-likeness (QED) is 0.791. The maximum Gasteiger partial charge on any atom is 0.221 e. The molecule has 0 aromatic heterocycles. The highest BCUT2D eigenvalue weighted by Gasteiger charge is 2.13. The highest BCUT2D eigenvalue weighted by molar-refractivity contribution is 9.10. The molecule has 16 heavy (non-hydrogen) atoms. The predicted octanol–water partition coefficient (Wildman–Crippen LogP) is 1.82. The molecule has 1 rings (SSSR count). The molecule has 0 saturated carbocycles. The summed E-state index contributed by atoms with van der Waals surface area (Å²) < 4.78 is 0.816. The van der Waals surface area contributed by atoms with Crippen LogP contribution in [0.4, 0.5) is 5.69 Å². The predicted molar refractivity (Wildman–Crippen MR) is 65.1 cm³/mol. The van der Waals surface area contributed by atoms with Crippen molar-refractivity contribution in [3.63, 3.8) is 0 Å². The molecule has 1 aromatic rings. The van der Waals surface area contributed by atoms with Gasteiger partial charge >= 0.3 is 0 Å². The second kappa shape index (κ2) is 5.98. The lowest BCUT2D eigenvalue weighted by Gasteiger charge is -2.15. The molecule has 3 N–H and O–H groups in total. The molecular formula is C11H14BrNO3. The molecule has 1 unspecified atom stereocenters. The molecule has 1 amide bonds. The van der Waals surface area contributed by atoms with E-state index in [4.69, 9.17) is 5.11 Å². The number of anilines is 1. The lowest BCUT2D eigenvalue weighted by Crippen LogP contribution is -2.11. The number of halogens is 1. The first kappa shape index (κ1) is 13.2. The van der Waals surface area contributed by atoms with Crippen molar-refractivity contribution in [3.8, 4) is 0 Å². The first-order valence-corrected chi connectivity index (χ1v) is 5.70. The van der Waals surface area contributed by atoms with Gasteiger partial charge in [-0.05, 0) is 12.1 Å². The third-order valence-corrected chi connectivity index (χ3v) is 2.58. The molecule has 1 atom stereocenters. The SMILES string of the molecule is CC(=O)Nc1cc(Br)ccc1C(O)CCO. The van der Waals surface area contributed by atoms with Crippen molar-refractivity contribution in [2.45, 2.75) is 19.4 Å². The number of rotatable bonds is 4.